The summed E-state index contributed by atoms with van der Waals surface area (Å²) in [4.78, 5) is 21.8. The van der Waals surface area contributed by atoms with Gasteiger partial charge in [-0.25, -0.2) is 4.98 Å². The highest BCUT2D eigenvalue weighted by Gasteiger charge is 2.39. The molecule has 0 aliphatic carbocycles. The highest BCUT2D eigenvalue weighted by atomic mass is 32.1. The number of hydrogen-bond donors (Lipinski definition) is 0. The highest BCUT2D eigenvalue weighted by molar-refractivity contribution is 7.18. The van der Waals surface area contributed by atoms with Crippen molar-refractivity contribution in [1.29, 1.82) is 0 Å². The van der Waals surface area contributed by atoms with E-state index >= 15 is 0 Å². The molecule has 128 valence electrons. The standard InChI is InChI=1S/C19H25N3OS/c1-2-19(23)22-12-6-9-16(22)15-8-5-11-21(15)13-18-20-14-7-3-4-10-17(14)24-18/h3-4,7,10,15-16H,2,5-6,8-9,11-13H2,1H3/t15-,16-/m0/s1. The van der Waals surface area contributed by atoms with Gasteiger partial charge in [0.1, 0.15) is 5.01 Å². The Morgan fingerprint density at radius 2 is 2.00 bits per heavy atom. The lowest BCUT2D eigenvalue weighted by Crippen LogP contribution is -2.47. The number of nitrogens with zero attached hydrogens (tertiary/aromatic N) is 3. The second-order valence-electron chi connectivity index (χ2n) is 6.91. The third-order valence-electron chi connectivity index (χ3n) is 5.46. The lowest BCUT2D eigenvalue weighted by atomic mass is 10.0. The van der Waals surface area contributed by atoms with Gasteiger partial charge in [-0.1, -0.05) is 19.1 Å². The molecule has 1 aromatic carbocycles. The number of carbonyl (C=O) groups is 1. The number of carbonyl (C=O) groups excluding carboxylic acids is 1. The summed E-state index contributed by atoms with van der Waals surface area (Å²) < 4.78 is 1.27. The van der Waals surface area contributed by atoms with Gasteiger partial charge in [0.2, 0.25) is 5.91 Å². The van der Waals surface area contributed by atoms with Gasteiger partial charge >= 0.3 is 0 Å². The third kappa shape index (κ3) is 2.95. The van der Waals surface area contributed by atoms with E-state index in [0.717, 1.165) is 38.0 Å². The van der Waals surface area contributed by atoms with Crippen molar-refractivity contribution in [2.45, 2.75) is 57.7 Å². The van der Waals surface area contributed by atoms with Crippen molar-refractivity contribution in [3.63, 3.8) is 0 Å². The molecule has 1 amide bonds. The molecule has 2 aromatic rings. The van der Waals surface area contributed by atoms with Gasteiger partial charge in [0.25, 0.3) is 0 Å². The molecule has 4 nitrogen and oxygen atoms in total. The maximum atomic E-state index is 12.3. The lowest BCUT2D eigenvalue weighted by molar-refractivity contribution is -0.132. The van der Waals surface area contributed by atoms with Crippen LogP contribution < -0.4 is 0 Å². The van der Waals surface area contributed by atoms with E-state index in [1.54, 1.807) is 11.3 Å². The zero-order valence-corrected chi connectivity index (χ0v) is 15.1. The molecule has 24 heavy (non-hydrogen) atoms. The molecule has 0 bridgehead atoms. The molecule has 0 saturated carbocycles. The molecule has 5 heteroatoms. The summed E-state index contributed by atoms with van der Waals surface area (Å²) in [7, 11) is 0. The fraction of sp³-hybridized carbons (Fsp3) is 0.579. The Labute approximate surface area is 147 Å². The van der Waals surface area contributed by atoms with Gasteiger partial charge in [-0.2, -0.15) is 0 Å². The van der Waals surface area contributed by atoms with Crippen LogP contribution in [0.4, 0.5) is 0 Å². The minimum absolute atomic E-state index is 0.323. The Balaban J connectivity index is 1.51. The first-order valence-corrected chi connectivity index (χ1v) is 9.96. The van der Waals surface area contributed by atoms with Crippen molar-refractivity contribution >= 4 is 27.5 Å². The van der Waals surface area contributed by atoms with Gasteiger partial charge in [0.05, 0.1) is 16.8 Å². The first-order valence-electron chi connectivity index (χ1n) is 9.14. The van der Waals surface area contributed by atoms with E-state index in [4.69, 9.17) is 4.98 Å². The summed E-state index contributed by atoms with van der Waals surface area (Å²) in [5.74, 6) is 0.323. The molecule has 3 heterocycles. The van der Waals surface area contributed by atoms with Crippen LogP contribution in [0.1, 0.15) is 44.0 Å². The van der Waals surface area contributed by atoms with E-state index in [1.807, 2.05) is 6.92 Å². The van der Waals surface area contributed by atoms with Gasteiger partial charge in [0, 0.05) is 25.0 Å². The molecule has 2 aliphatic rings. The number of fused-ring (bicyclic) bond motifs is 1. The zero-order valence-electron chi connectivity index (χ0n) is 14.3. The first kappa shape index (κ1) is 16.0. The van der Waals surface area contributed by atoms with Crippen LogP contribution in [0.5, 0.6) is 0 Å². The van der Waals surface area contributed by atoms with Gasteiger partial charge < -0.3 is 4.90 Å². The van der Waals surface area contributed by atoms with E-state index in [9.17, 15) is 4.79 Å². The summed E-state index contributed by atoms with van der Waals surface area (Å²) in [6.07, 6.45) is 5.39. The molecule has 0 radical (unpaired) electrons. The molecule has 2 aliphatic heterocycles. The highest BCUT2D eigenvalue weighted by Crippen LogP contribution is 2.32. The van der Waals surface area contributed by atoms with Crippen LogP contribution in [-0.4, -0.2) is 45.9 Å². The Morgan fingerprint density at radius 1 is 1.21 bits per heavy atom. The van der Waals surface area contributed by atoms with Crippen molar-refractivity contribution in [3.8, 4) is 0 Å². The average Bonchev–Trinajstić information content (AvgIpc) is 3.32. The molecule has 2 atom stereocenters. The zero-order chi connectivity index (χ0) is 16.5. The van der Waals surface area contributed by atoms with Crippen LogP contribution >= 0.6 is 11.3 Å². The van der Waals surface area contributed by atoms with Gasteiger partial charge in [0.15, 0.2) is 0 Å². The Morgan fingerprint density at radius 3 is 2.83 bits per heavy atom. The predicted octanol–water partition coefficient (Wildman–Crippen LogP) is 3.66. The van der Waals surface area contributed by atoms with Crippen molar-refractivity contribution in [2.75, 3.05) is 13.1 Å². The van der Waals surface area contributed by atoms with Crippen LogP contribution in [0.3, 0.4) is 0 Å². The summed E-state index contributed by atoms with van der Waals surface area (Å²) in [6, 6.07) is 9.29. The molecular weight excluding hydrogens is 318 g/mol. The average molecular weight is 343 g/mol. The van der Waals surface area contributed by atoms with E-state index in [0.29, 0.717) is 24.4 Å². The molecule has 2 saturated heterocycles. The molecule has 0 unspecified atom stereocenters. The molecule has 2 fully saturated rings. The number of hydrogen-bond acceptors (Lipinski definition) is 4. The van der Waals surface area contributed by atoms with Crippen molar-refractivity contribution in [3.05, 3.63) is 29.3 Å². The maximum absolute atomic E-state index is 12.3. The van der Waals surface area contributed by atoms with Crippen molar-refractivity contribution in [1.82, 2.24) is 14.8 Å². The van der Waals surface area contributed by atoms with Crippen LogP contribution in [0.2, 0.25) is 0 Å². The summed E-state index contributed by atoms with van der Waals surface area (Å²) in [5, 5.41) is 1.20. The second kappa shape index (κ2) is 6.81. The SMILES string of the molecule is CCC(=O)N1CCC[C@H]1[C@@H]1CCCN1Cc1nc2ccccc2s1. The smallest absolute Gasteiger partial charge is 0.222 e. The van der Waals surface area contributed by atoms with Crippen molar-refractivity contribution in [2.24, 2.45) is 0 Å². The predicted molar refractivity (Wildman–Crippen MR) is 98.1 cm³/mol. The Kier molecular flexibility index (Phi) is 4.55. The lowest BCUT2D eigenvalue weighted by Gasteiger charge is -2.34. The molecule has 1 aromatic heterocycles. The largest absolute Gasteiger partial charge is 0.338 e. The van der Waals surface area contributed by atoms with Crippen LogP contribution in [-0.2, 0) is 11.3 Å². The van der Waals surface area contributed by atoms with E-state index < -0.39 is 0 Å². The van der Waals surface area contributed by atoms with E-state index in [2.05, 4.69) is 34.1 Å². The number of likely N-dealkylation sites (tertiary alicyclic amines) is 2. The number of aromatic nitrogens is 1. The molecule has 4 rings (SSSR count). The Bertz CT molecular complexity index is 695. The number of para-hydroxylation sites is 1. The van der Waals surface area contributed by atoms with Gasteiger partial charge in [-0.3, -0.25) is 9.69 Å². The number of thiazole rings is 1. The normalized spacial score (nSPS) is 25.0. The van der Waals surface area contributed by atoms with Gasteiger partial charge in [-0.05, 0) is 44.4 Å². The monoisotopic (exact) mass is 343 g/mol. The van der Waals surface area contributed by atoms with Crippen LogP contribution in [0.25, 0.3) is 10.2 Å². The summed E-state index contributed by atoms with van der Waals surface area (Å²) >= 11 is 1.81. The maximum Gasteiger partial charge on any atom is 0.222 e. The quantitative estimate of drug-likeness (QED) is 0.850. The molecule has 0 N–H and O–H groups in total. The third-order valence-corrected chi connectivity index (χ3v) is 6.48. The summed E-state index contributed by atoms with van der Waals surface area (Å²) in [5.41, 5.74) is 1.11. The number of amides is 1. The minimum Gasteiger partial charge on any atom is -0.338 e. The molecule has 0 spiro atoms. The van der Waals surface area contributed by atoms with Crippen molar-refractivity contribution < 1.29 is 4.79 Å². The second-order valence-corrected chi connectivity index (χ2v) is 8.02. The number of rotatable bonds is 4. The Hall–Kier alpha value is -1.46. The topological polar surface area (TPSA) is 36.4 Å². The minimum atomic E-state index is 0.323. The fourth-order valence-corrected chi connectivity index (χ4v) is 5.34. The van der Waals surface area contributed by atoms with E-state index in [-0.39, 0.29) is 0 Å². The number of benzene rings is 1. The molecular formula is C19H25N3OS. The fourth-order valence-electron chi connectivity index (χ4n) is 4.35. The van der Waals surface area contributed by atoms with E-state index in [1.165, 1.54) is 22.5 Å². The van der Waals surface area contributed by atoms with Crippen LogP contribution in [0, 0.1) is 0 Å². The van der Waals surface area contributed by atoms with Crippen LogP contribution in [0.15, 0.2) is 24.3 Å². The van der Waals surface area contributed by atoms with Gasteiger partial charge in [-0.15, -0.1) is 11.3 Å². The first-order chi connectivity index (χ1) is 11.8. The summed E-state index contributed by atoms with van der Waals surface area (Å²) in [6.45, 7) is 4.98.